The summed E-state index contributed by atoms with van der Waals surface area (Å²) in [5.41, 5.74) is 2.15. The van der Waals surface area contributed by atoms with Gasteiger partial charge in [0, 0.05) is 53.2 Å². The molecule has 4 aliphatic rings. The van der Waals surface area contributed by atoms with Gasteiger partial charge in [0.15, 0.2) is 0 Å². The number of rotatable bonds is 6. The Balaban J connectivity index is 0.000000240. The van der Waals surface area contributed by atoms with Gasteiger partial charge in [0.25, 0.3) is 11.4 Å². The Labute approximate surface area is 342 Å². The number of benzene rings is 2. The van der Waals surface area contributed by atoms with Crippen molar-refractivity contribution in [2.45, 2.75) is 13.8 Å². The molecule has 0 fully saturated rings. The topological polar surface area (TPSA) is 291 Å². The first-order chi connectivity index (χ1) is 25.4. The minimum atomic E-state index is -4.39. The van der Waals surface area contributed by atoms with Crippen molar-refractivity contribution in [1.29, 1.82) is 0 Å². The number of hydrogen-bond donors (Lipinski definition) is 2. The molecule has 0 spiro atoms. The van der Waals surface area contributed by atoms with Crippen molar-refractivity contribution < 1.29 is 46.1 Å². The fourth-order valence-electron chi connectivity index (χ4n) is 5.11. The molecule has 0 saturated heterocycles. The maximum atomic E-state index is 12.2. The number of nitrogens with zero attached hydrogens (tertiary/aromatic N) is 6. The number of nitro benzene ring substituents is 2. The van der Waals surface area contributed by atoms with Crippen LogP contribution in [0.25, 0.3) is 0 Å². The molecule has 0 aliphatic heterocycles. The number of ketones is 2. The van der Waals surface area contributed by atoms with Gasteiger partial charge in [-0.2, -0.15) is 0 Å². The molecule has 2 atom stereocenters. The molecule has 6 rings (SSSR count). The van der Waals surface area contributed by atoms with E-state index in [1.54, 1.807) is 0 Å². The molecule has 0 heterocycles. The second kappa shape index (κ2) is 17.1. The molecule has 0 saturated carbocycles. The zero-order valence-corrected chi connectivity index (χ0v) is 32.3. The third-order valence-electron chi connectivity index (χ3n) is 7.91. The van der Waals surface area contributed by atoms with Gasteiger partial charge in [-0.05, 0) is 73.6 Å². The number of azo groups is 2. The van der Waals surface area contributed by atoms with E-state index in [1.807, 2.05) is 0 Å². The van der Waals surface area contributed by atoms with Gasteiger partial charge in [-0.1, -0.05) is 36.4 Å². The smallest absolute Gasteiger partial charge is 0.757 e. The monoisotopic (exact) mass is 812 g/mol. The normalized spacial score (nSPS) is 18.2. The van der Waals surface area contributed by atoms with Crippen LogP contribution in [0.1, 0.15) is 11.1 Å². The summed E-state index contributed by atoms with van der Waals surface area (Å²) in [4.78, 5) is 44.6. The van der Waals surface area contributed by atoms with Crippen LogP contribution in [0.3, 0.4) is 0 Å². The van der Waals surface area contributed by atoms with Gasteiger partial charge >= 0.3 is 37.7 Å². The van der Waals surface area contributed by atoms with Crippen molar-refractivity contribution in [1.82, 2.24) is 0 Å². The van der Waals surface area contributed by atoms with Gasteiger partial charge in [0.1, 0.15) is 11.4 Å². The minimum Gasteiger partial charge on any atom is -0.757 e. The molecular weight excluding hydrogens is 789 g/mol. The zero-order chi connectivity index (χ0) is 39.5. The van der Waals surface area contributed by atoms with E-state index in [9.17, 15) is 47.3 Å². The average molecular weight is 813 g/mol. The van der Waals surface area contributed by atoms with Crippen molar-refractivity contribution in [2.75, 3.05) is 0 Å². The Hall–Kier alpha value is -5.16. The van der Waals surface area contributed by atoms with Crippen molar-refractivity contribution in [3.63, 3.8) is 0 Å². The molecule has 0 amide bonds. The van der Waals surface area contributed by atoms with Crippen LogP contribution in [0.15, 0.2) is 151 Å². The summed E-state index contributed by atoms with van der Waals surface area (Å²) in [6.45, 7) is 3.04. The van der Waals surface area contributed by atoms with E-state index < -0.39 is 41.6 Å². The van der Waals surface area contributed by atoms with Crippen LogP contribution in [-0.2, 0) is 29.8 Å². The molecule has 55 heavy (non-hydrogen) atoms. The maximum absolute atomic E-state index is 12.2. The fourth-order valence-corrected chi connectivity index (χ4v) is 6.15. The molecule has 2 aromatic carbocycles. The van der Waals surface area contributed by atoms with Crippen molar-refractivity contribution in [3.05, 3.63) is 162 Å². The van der Waals surface area contributed by atoms with Gasteiger partial charge in [-0.25, -0.2) is 0 Å². The number of hydrogen-bond acceptors (Lipinski definition) is 14. The Kier molecular flexibility index (Phi) is 13.2. The summed E-state index contributed by atoms with van der Waals surface area (Å²) in [7, 11) is -8.77. The van der Waals surface area contributed by atoms with Crippen LogP contribution < -0.4 is 0 Å². The molecule has 2 unspecified atom stereocenters. The minimum absolute atomic E-state index is 0. The van der Waals surface area contributed by atoms with Gasteiger partial charge in [0.2, 0.25) is 11.6 Å². The quantitative estimate of drug-likeness (QED) is 0.120. The third-order valence-corrected chi connectivity index (χ3v) is 9.61. The second-order valence-electron chi connectivity index (χ2n) is 11.3. The number of nitro groups is 2. The standard InChI is InChI=1S/2C17H13N3O6S.Ca/c2*1-10-14(3-2-4-15(10)20(22)23)18-19-17-13-7-6-12(27(24,25)26)9-11(13)5-8-16(17)21;/h2*2-9H,1H3,(H2,24,25,26);/q;;+2/p-2. The van der Waals surface area contributed by atoms with E-state index in [0.29, 0.717) is 33.4 Å². The number of fused-ring (bicyclic) bond motifs is 2. The molecule has 2 N–H and O–H groups in total. The Bertz CT molecular complexity index is 2470. The Morgan fingerprint density at radius 2 is 0.945 bits per heavy atom. The average Bonchev–Trinajstić information content (AvgIpc) is 3.10. The Morgan fingerprint density at radius 1 is 0.582 bits per heavy atom. The summed E-state index contributed by atoms with van der Waals surface area (Å²) < 4.78 is 63.3. The first kappa shape index (κ1) is 42.6. The molecule has 276 valence electrons. The van der Waals surface area contributed by atoms with Gasteiger partial charge in [-0.15, -0.1) is 20.5 Å². The molecule has 4 aliphatic carbocycles. The number of carbonyl (C=O) groups is 2. The molecule has 0 aromatic heterocycles. The van der Waals surface area contributed by atoms with Crippen LogP contribution in [0, 0.1) is 34.1 Å². The predicted molar refractivity (Wildman–Crippen MR) is 200 cm³/mol. The molecule has 21 heteroatoms. The van der Waals surface area contributed by atoms with E-state index >= 15 is 0 Å². The van der Waals surface area contributed by atoms with Gasteiger partial charge in [0.05, 0.1) is 32.3 Å². The largest absolute Gasteiger partial charge is 2.00 e. The van der Waals surface area contributed by atoms with Crippen molar-refractivity contribution in [3.8, 4) is 0 Å². The van der Waals surface area contributed by atoms with E-state index in [0.717, 1.165) is 12.2 Å². The van der Waals surface area contributed by atoms with Crippen LogP contribution in [0.5, 0.6) is 0 Å². The molecule has 2 aromatic rings. The zero-order valence-electron chi connectivity index (χ0n) is 28.4. The second-order valence-corrected chi connectivity index (χ2v) is 14.1. The third kappa shape index (κ3) is 9.75. The predicted octanol–water partition coefficient (Wildman–Crippen LogP) is 5.49. The molecule has 18 nitrogen and oxygen atoms in total. The van der Waals surface area contributed by atoms with Gasteiger partial charge in [-0.3, -0.25) is 38.2 Å². The number of allylic oxidation sites excluding steroid dienone is 14. The number of carbonyl (C=O) groups excluding carboxylic acids is 2. The fraction of sp³-hybridized carbons (Fsp3) is 0.0588. The summed E-state index contributed by atoms with van der Waals surface area (Å²) in [5, 5.41) is 37.8. The molecule has 0 radical (unpaired) electrons. The SMILES string of the molecule is Cc1c(N=NC2=C3C=CC(=S(=O)([O-])O)C=C3C=CC2=O)cccc1[N+](=O)[O-].Cc1c(N=NC2=C3C=CC(=S(=O)([O-])O)C=C3C=CC2=O)cccc1[N+](=O)[O-].[Ca+2]. The van der Waals surface area contributed by atoms with E-state index in [4.69, 9.17) is 9.11 Å². The summed E-state index contributed by atoms with van der Waals surface area (Å²) in [5.74, 6) is -0.900. The summed E-state index contributed by atoms with van der Waals surface area (Å²) >= 11 is 0. The van der Waals surface area contributed by atoms with E-state index in [1.165, 1.54) is 98.9 Å². The van der Waals surface area contributed by atoms with Crippen molar-refractivity contribution >= 4 is 102 Å². The van der Waals surface area contributed by atoms with Crippen LogP contribution >= 0.6 is 0 Å². The summed E-state index contributed by atoms with van der Waals surface area (Å²) in [6, 6.07) is 8.64. The molecule has 0 bridgehead atoms. The van der Waals surface area contributed by atoms with Crippen molar-refractivity contribution in [2.24, 2.45) is 20.5 Å². The summed E-state index contributed by atoms with van der Waals surface area (Å²) in [6.07, 6.45) is 12.6. The maximum Gasteiger partial charge on any atom is 2.00 e. The molecular formula is C34H24CaN6O12S2. The van der Waals surface area contributed by atoms with Crippen LogP contribution in [0.2, 0.25) is 0 Å². The van der Waals surface area contributed by atoms with E-state index in [-0.39, 0.29) is 81.6 Å². The first-order valence-corrected chi connectivity index (χ1v) is 18.0. The Morgan fingerprint density at radius 3 is 1.27 bits per heavy atom. The van der Waals surface area contributed by atoms with E-state index in [2.05, 4.69) is 20.5 Å². The van der Waals surface area contributed by atoms with Crippen LogP contribution in [0.4, 0.5) is 22.7 Å². The van der Waals surface area contributed by atoms with Crippen LogP contribution in [-0.4, -0.2) is 95.5 Å². The van der Waals surface area contributed by atoms with Gasteiger partial charge < -0.3 is 18.2 Å². The first-order valence-electron chi connectivity index (χ1n) is 15.1.